The molecule has 0 aromatic carbocycles. The van der Waals surface area contributed by atoms with Gasteiger partial charge < -0.3 is 0 Å². The van der Waals surface area contributed by atoms with E-state index in [1.807, 2.05) is 0 Å². The molecule has 0 amide bonds. The van der Waals surface area contributed by atoms with Gasteiger partial charge >= 0.3 is 0 Å². The minimum Gasteiger partial charge on any atom is -0.0622 e. The summed E-state index contributed by atoms with van der Waals surface area (Å²) in [6.45, 7) is 2.53. The van der Waals surface area contributed by atoms with Gasteiger partial charge in [-0.15, -0.1) is 0 Å². The molecule has 4 fully saturated rings. The molecule has 0 heteroatoms. The summed E-state index contributed by atoms with van der Waals surface area (Å²) in [7, 11) is 0. The van der Waals surface area contributed by atoms with Gasteiger partial charge in [-0.05, 0) is 67.1 Å². The summed E-state index contributed by atoms with van der Waals surface area (Å²) >= 11 is 0. The van der Waals surface area contributed by atoms with Crippen molar-refractivity contribution in [3.05, 3.63) is 0 Å². The molecule has 0 bridgehead atoms. The van der Waals surface area contributed by atoms with Crippen molar-refractivity contribution in [1.82, 2.24) is 0 Å². The van der Waals surface area contributed by atoms with Crippen molar-refractivity contribution in [1.29, 1.82) is 0 Å². The second kappa shape index (κ2) is 1.51. The predicted molar refractivity (Wildman–Crippen MR) is 48.7 cm³/mol. The molecule has 4 unspecified atom stereocenters. The van der Waals surface area contributed by atoms with Crippen LogP contribution in [0, 0.1) is 28.6 Å². The first-order valence-corrected chi connectivity index (χ1v) is 5.76. The molecular weight excluding hydrogens is 144 g/mol. The third-order valence-corrected chi connectivity index (χ3v) is 5.68. The van der Waals surface area contributed by atoms with E-state index in [0.717, 1.165) is 16.7 Å². The Morgan fingerprint density at radius 1 is 1.17 bits per heavy atom. The van der Waals surface area contributed by atoms with Gasteiger partial charge in [0.25, 0.3) is 0 Å². The number of fused-ring (bicyclic) bond motifs is 1. The zero-order valence-corrected chi connectivity index (χ0v) is 7.97. The summed E-state index contributed by atoms with van der Waals surface area (Å²) in [6.07, 6.45) is 9.60. The van der Waals surface area contributed by atoms with Crippen LogP contribution in [-0.2, 0) is 0 Å². The largest absolute Gasteiger partial charge is 0.0622 e. The van der Waals surface area contributed by atoms with Crippen molar-refractivity contribution >= 4 is 0 Å². The van der Waals surface area contributed by atoms with Crippen molar-refractivity contribution in [2.24, 2.45) is 28.6 Å². The first-order valence-electron chi connectivity index (χ1n) is 5.76. The first-order chi connectivity index (χ1) is 5.76. The van der Waals surface area contributed by atoms with Crippen LogP contribution in [-0.4, -0.2) is 0 Å². The van der Waals surface area contributed by atoms with Gasteiger partial charge in [0.15, 0.2) is 0 Å². The third kappa shape index (κ3) is 0.506. The molecule has 0 aliphatic heterocycles. The van der Waals surface area contributed by atoms with E-state index in [2.05, 4.69) is 6.92 Å². The van der Waals surface area contributed by atoms with E-state index < -0.39 is 0 Å². The zero-order valence-electron chi connectivity index (χ0n) is 7.97. The van der Waals surface area contributed by atoms with Crippen LogP contribution < -0.4 is 0 Å². The van der Waals surface area contributed by atoms with Crippen LogP contribution in [0.15, 0.2) is 0 Å². The zero-order chi connectivity index (χ0) is 7.97. The summed E-state index contributed by atoms with van der Waals surface area (Å²) in [5.74, 6) is 3.50. The Bertz CT molecular complexity index is 251. The lowest BCUT2D eigenvalue weighted by molar-refractivity contribution is 0.146. The van der Waals surface area contributed by atoms with Gasteiger partial charge in [-0.3, -0.25) is 0 Å². The van der Waals surface area contributed by atoms with Gasteiger partial charge in [0, 0.05) is 0 Å². The van der Waals surface area contributed by atoms with Gasteiger partial charge in [0.2, 0.25) is 0 Å². The summed E-state index contributed by atoms with van der Waals surface area (Å²) in [4.78, 5) is 0. The van der Waals surface area contributed by atoms with E-state index in [1.165, 1.54) is 11.8 Å². The number of hydrogen-bond acceptors (Lipinski definition) is 0. The lowest BCUT2D eigenvalue weighted by Crippen LogP contribution is -2.26. The van der Waals surface area contributed by atoms with E-state index in [9.17, 15) is 0 Å². The minimum absolute atomic E-state index is 0.908. The second-order valence-corrected chi connectivity index (χ2v) is 6.26. The van der Waals surface area contributed by atoms with Crippen LogP contribution in [0.25, 0.3) is 0 Å². The Morgan fingerprint density at radius 2 is 2.00 bits per heavy atom. The molecule has 66 valence electrons. The first kappa shape index (κ1) is 6.45. The number of hydrogen-bond donors (Lipinski definition) is 0. The third-order valence-electron chi connectivity index (χ3n) is 5.68. The standard InChI is InChI=1S/C12H18/c1-8-6-11(4-5-11)7-12-3-2-9(12)10(8)12/h8-10H,2-7H2,1H3. The molecule has 12 heavy (non-hydrogen) atoms. The molecule has 0 heterocycles. The van der Waals surface area contributed by atoms with Crippen molar-refractivity contribution < 1.29 is 0 Å². The second-order valence-electron chi connectivity index (χ2n) is 6.26. The Kier molecular flexibility index (Phi) is 0.811. The van der Waals surface area contributed by atoms with E-state index >= 15 is 0 Å². The molecule has 4 saturated carbocycles. The highest BCUT2D eigenvalue weighted by atomic mass is 14.8. The van der Waals surface area contributed by atoms with Crippen molar-refractivity contribution in [3.8, 4) is 0 Å². The van der Waals surface area contributed by atoms with E-state index in [0.29, 0.717) is 0 Å². The molecule has 4 aliphatic rings. The summed E-state index contributed by atoms with van der Waals surface area (Å²) < 4.78 is 0. The molecule has 0 saturated heterocycles. The fraction of sp³-hybridized carbons (Fsp3) is 1.00. The lowest BCUT2D eigenvalue weighted by atomic mass is 9.70. The molecular formula is C12H18. The van der Waals surface area contributed by atoms with Crippen molar-refractivity contribution in [2.45, 2.75) is 45.4 Å². The highest BCUT2D eigenvalue weighted by Gasteiger charge is 2.76. The molecule has 2 spiro atoms. The van der Waals surface area contributed by atoms with Gasteiger partial charge in [-0.1, -0.05) is 6.92 Å². The van der Waals surface area contributed by atoms with Crippen LogP contribution in [0.3, 0.4) is 0 Å². The number of rotatable bonds is 0. The van der Waals surface area contributed by atoms with Crippen molar-refractivity contribution in [3.63, 3.8) is 0 Å². The molecule has 0 aromatic rings. The van der Waals surface area contributed by atoms with E-state index in [-0.39, 0.29) is 0 Å². The quantitative estimate of drug-likeness (QED) is 0.513. The topological polar surface area (TPSA) is 0 Å². The Balaban J connectivity index is 1.72. The average Bonchev–Trinajstić information content (AvgIpc) is 2.82. The van der Waals surface area contributed by atoms with E-state index in [4.69, 9.17) is 0 Å². The Morgan fingerprint density at radius 3 is 2.58 bits per heavy atom. The SMILES string of the molecule is CC1CC2(CC2)CC23CCC2C13. The van der Waals surface area contributed by atoms with Gasteiger partial charge in [-0.25, -0.2) is 0 Å². The lowest BCUT2D eigenvalue weighted by Gasteiger charge is -2.35. The highest BCUT2D eigenvalue weighted by Crippen LogP contribution is 2.84. The predicted octanol–water partition coefficient (Wildman–Crippen LogP) is 3.22. The molecule has 4 aliphatic carbocycles. The maximum Gasteiger partial charge on any atom is -0.0227 e. The van der Waals surface area contributed by atoms with Crippen LogP contribution in [0.1, 0.15) is 45.4 Å². The van der Waals surface area contributed by atoms with Gasteiger partial charge in [0.1, 0.15) is 0 Å². The normalized spacial score (nSPS) is 63.2. The Hall–Kier alpha value is 0. The molecule has 0 aromatic heterocycles. The van der Waals surface area contributed by atoms with Crippen LogP contribution in [0.4, 0.5) is 0 Å². The summed E-state index contributed by atoms with van der Waals surface area (Å²) in [6, 6.07) is 0. The summed E-state index contributed by atoms with van der Waals surface area (Å²) in [5, 5.41) is 0. The highest BCUT2D eigenvalue weighted by molar-refractivity contribution is 5.24. The molecule has 0 N–H and O–H groups in total. The van der Waals surface area contributed by atoms with Crippen LogP contribution >= 0.6 is 0 Å². The molecule has 0 radical (unpaired) electrons. The molecule has 0 nitrogen and oxygen atoms in total. The minimum atomic E-state index is 0.908. The molecule has 4 rings (SSSR count). The van der Waals surface area contributed by atoms with Gasteiger partial charge in [-0.2, -0.15) is 0 Å². The maximum atomic E-state index is 2.53. The summed E-state index contributed by atoms with van der Waals surface area (Å²) in [5.41, 5.74) is 1.86. The van der Waals surface area contributed by atoms with Crippen LogP contribution in [0.2, 0.25) is 0 Å². The average molecular weight is 162 g/mol. The monoisotopic (exact) mass is 162 g/mol. The van der Waals surface area contributed by atoms with Crippen molar-refractivity contribution in [2.75, 3.05) is 0 Å². The van der Waals surface area contributed by atoms with Gasteiger partial charge in [0.05, 0.1) is 0 Å². The fourth-order valence-electron chi connectivity index (χ4n) is 5.08. The smallest absolute Gasteiger partial charge is 0.0227 e. The Labute approximate surface area is 74.7 Å². The fourth-order valence-corrected chi connectivity index (χ4v) is 5.08. The van der Waals surface area contributed by atoms with E-state index in [1.54, 1.807) is 38.5 Å². The molecule has 4 atom stereocenters. The maximum absolute atomic E-state index is 2.53. The van der Waals surface area contributed by atoms with Crippen LogP contribution in [0.5, 0.6) is 0 Å².